The predicted octanol–water partition coefficient (Wildman–Crippen LogP) is 1.30. The van der Waals surface area contributed by atoms with E-state index in [0.717, 1.165) is 12.1 Å². The number of hydrogen-bond donors (Lipinski definition) is 1. The molecule has 1 aliphatic rings. The molecule has 5 nitrogen and oxygen atoms in total. The van der Waals surface area contributed by atoms with Gasteiger partial charge in [0.25, 0.3) is 0 Å². The number of aryl methyl sites for hydroxylation is 2. The van der Waals surface area contributed by atoms with Crippen LogP contribution in [0.4, 0.5) is 0 Å². The van der Waals surface area contributed by atoms with Crippen LogP contribution in [0.25, 0.3) is 0 Å². The molecule has 0 radical (unpaired) electrons. The molecular weight excluding hydrogens is 264 g/mol. The maximum atomic E-state index is 11.9. The van der Waals surface area contributed by atoms with Crippen molar-refractivity contribution in [2.24, 2.45) is 0 Å². The third-order valence-corrected chi connectivity index (χ3v) is 4.17. The average molecular weight is 284 g/mol. The van der Waals surface area contributed by atoms with E-state index in [1.165, 1.54) is 4.88 Å². The molecule has 0 aromatic carbocycles. The molecule has 2 heterocycles. The monoisotopic (exact) mass is 284 g/mol. The Bertz CT molecular complexity index is 422. The Morgan fingerprint density at radius 1 is 1.63 bits per heavy atom. The van der Waals surface area contributed by atoms with Gasteiger partial charge in [-0.2, -0.15) is 0 Å². The normalized spacial score (nSPS) is 22.6. The van der Waals surface area contributed by atoms with Crippen molar-refractivity contribution in [2.45, 2.75) is 38.8 Å². The molecule has 1 N–H and O–H groups in total. The van der Waals surface area contributed by atoms with E-state index in [-0.39, 0.29) is 18.1 Å². The van der Waals surface area contributed by atoms with Crippen molar-refractivity contribution >= 4 is 17.2 Å². The molecule has 1 aromatic rings. The van der Waals surface area contributed by atoms with E-state index in [2.05, 4.69) is 10.3 Å². The zero-order valence-corrected chi connectivity index (χ0v) is 12.2. The van der Waals surface area contributed by atoms with E-state index < -0.39 is 0 Å². The quantitative estimate of drug-likeness (QED) is 0.855. The molecule has 0 spiro atoms. The van der Waals surface area contributed by atoms with Gasteiger partial charge in [-0.15, -0.1) is 11.3 Å². The zero-order chi connectivity index (χ0) is 13.7. The largest absolute Gasteiger partial charge is 0.376 e. The Morgan fingerprint density at radius 2 is 2.47 bits per heavy atom. The molecule has 2 atom stereocenters. The summed E-state index contributed by atoms with van der Waals surface area (Å²) in [7, 11) is 0. The topological polar surface area (TPSA) is 60.5 Å². The van der Waals surface area contributed by atoms with Crippen LogP contribution in [0.2, 0.25) is 0 Å². The fourth-order valence-electron chi connectivity index (χ4n) is 2.12. The molecule has 1 fully saturated rings. The lowest BCUT2D eigenvalue weighted by Gasteiger charge is -2.18. The van der Waals surface area contributed by atoms with Gasteiger partial charge in [0.05, 0.1) is 30.5 Å². The van der Waals surface area contributed by atoms with Gasteiger partial charge in [0.1, 0.15) is 6.10 Å². The molecule has 1 aromatic heterocycles. The molecule has 0 aliphatic carbocycles. The number of nitrogens with one attached hydrogen (secondary N) is 1. The first kappa shape index (κ1) is 14.4. The van der Waals surface area contributed by atoms with Crippen molar-refractivity contribution in [2.75, 3.05) is 19.8 Å². The second-order valence-electron chi connectivity index (χ2n) is 4.57. The molecule has 1 amide bonds. The third-order valence-electron chi connectivity index (χ3n) is 3.18. The van der Waals surface area contributed by atoms with Crippen molar-refractivity contribution in [3.05, 3.63) is 16.1 Å². The first-order valence-electron chi connectivity index (χ1n) is 6.58. The lowest BCUT2D eigenvalue weighted by molar-refractivity contribution is -0.122. The Morgan fingerprint density at radius 3 is 3.16 bits per heavy atom. The third kappa shape index (κ3) is 3.99. The average Bonchev–Trinajstić information content (AvgIpc) is 2.97. The van der Waals surface area contributed by atoms with Gasteiger partial charge in [0, 0.05) is 17.9 Å². The van der Waals surface area contributed by atoms with Crippen molar-refractivity contribution in [3.8, 4) is 0 Å². The lowest BCUT2D eigenvalue weighted by Crippen LogP contribution is -2.43. The number of nitrogens with zero attached hydrogens (tertiary/aromatic N) is 1. The van der Waals surface area contributed by atoms with Gasteiger partial charge in [-0.25, -0.2) is 4.98 Å². The summed E-state index contributed by atoms with van der Waals surface area (Å²) in [4.78, 5) is 17.3. The molecule has 0 bridgehead atoms. The molecule has 1 saturated heterocycles. The number of rotatable bonds is 6. The van der Waals surface area contributed by atoms with E-state index in [1.807, 2.05) is 19.4 Å². The summed E-state index contributed by atoms with van der Waals surface area (Å²) in [6, 6.07) is -0.0185. The van der Waals surface area contributed by atoms with E-state index in [9.17, 15) is 4.79 Å². The number of thiazole rings is 1. The zero-order valence-electron chi connectivity index (χ0n) is 11.3. The summed E-state index contributed by atoms with van der Waals surface area (Å²) >= 11 is 1.60. The number of hydrogen-bond acceptors (Lipinski definition) is 5. The molecule has 19 heavy (non-hydrogen) atoms. The number of ether oxygens (including phenoxy) is 2. The fourth-order valence-corrected chi connectivity index (χ4v) is 2.90. The van der Waals surface area contributed by atoms with Crippen LogP contribution in [0.3, 0.4) is 0 Å². The first-order valence-corrected chi connectivity index (χ1v) is 7.46. The minimum absolute atomic E-state index is 0.0147. The lowest BCUT2D eigenvalue weighted by atomic mass is 10.2. The summed E-state index contributed by atoms with van der Waals surface area (Å²) in [6.07, 6.45) is 1.22. The van der Waals surface area contributed by atoms with Gasteiger partial charge in [-0.1, -0.05) is 0 Å². The maximum Gasteiger partial charge on any atom is 0.220 e. The van der Waals surface area contributed by atoms with Crippen LogP contribution < -0.4 is 5.32 Å². The van der Waals surface area contributed by atoms with Crippen molar-refractivity contribution in [3.63, 3.8) is 0 Å². The smallest absolute Gasteiger partial charge is 0.220 e. The Balaban J connectivity index is 1.76. The van der Waals surface area contributed by atoms with Crippen LogP contribution in [0.5, 0.6) is 0 Å². The van der Waals surface area contributed by atoms with Gasteiger partial charge < -0.3 is 14.8 Å². The molecule has 1 aliphatic heterocycles. The van der Waals surface area contributed by atoms with Crippen LogP contribution in [-0.4, -0.2) is 42.9 Å². The highest BCUT2D eigenvalue weighted by Crippen LogP contribution is 2.15. The minimum atomic E-state index is -0.0185. The maximum absolute atomic E-state index is 11.9. The fraction of sp³-hybridized carbons (Fsp3) is 0.692. The van der Waals surface area contributed by atoms with Gasteiger partial charge in [0.15, 0.2) is 0 Å². The Kier molecular flexibility index (Phi) is 5.30. The number of carbonyl (C=O) groups excluding carboxylic acids is 1. The van der Waals surface area contributed by atoms with Crippen LogP contribution >= 0.6 is 11.3 Å². The highest BCUT2D eigenvalue weighted by molar-refractivity contribution is 7.09. The van der Waals surface area contributed by atoms with Crippen LogP contribution in [0.15, 0.2) is 5.51 Å². The molecule has 6 heteroatoms. The van der Waals surface area contributed by atoms with Gasteiger partial charge in [-0.3, -0.25) is 4.79 Å². The molecule has 106 valence electrons. The van der Waals surface area contributed by atoms with Crippen LogP contribution in [0, 0.1) is 6.92 Å². The molecule has 0 unspecified atom stereocenters. The molecular formula is C13H20N2O3S. The summed E-state index contributed by atoms with van der Waals surface area (Å²) in [6.45, 7) is 5.66. The second kappa shape index (κ2) is 6.98. The highest BCUT2D eigenvalue weighted by Gasteiger charge is 2.29. The van der Waals surface area contributed by atoms with E-state index in [1.54, 1.807) is 11.3 Å². The summed E-state index contributed by atoms with van der Waals surface area (Å²) in [5.74, 6) is 0.0491. The second-order valence-corrected chi connectivity index (χ2v) is 5.51. The van der Waals surface area contributed by atoms with Crippen LogP contribution in [-0.2, 0) is 20.7 Å². The van der Waals surface area contributed by atoms with Crippen LogP contribution in [0.1, 0.15) is 23.9 Å². The SMILES string of the molecule is CCO[C@@H]1COC[C@H]1NC(=O)CCc1scnc1C. The van der Waals surface area contributed by atoms with Gasteiger partial charge >= 0.3 is 0 Å². The molecule has 0 saturated carbocycles. The number of aromatic nitrogens is 1. The molecule has 2 rings (SSSR count). The van der Waals surface area contributed by atoms with E-state index in [0.29, 0.717) is 26.2 Å². The summed E-state index contributed by atoms with van der Waals surface area (Å²) < 4.78 is 10.9. The van der Waals surface area contributed by atoms with Gasteiger partial charge in [-0.05, 0) is 20.3 Å². The predicted molar refractivity (Wildman–Crippen MR) is 73.3 cm³/mol. The summed E-state index contributed by atoms with van der Waals surface area (Å²) in [5.41, 5.74) is 2.84. The Labute approximate surface area is 117 Å². The van der Waals surface area contributed by atoms with Crippen molar-refractivity contribution < 1.29 is 14.3 Å². The Hall–Kier alpha value is -0.980. The standard InChI is InChI=1S/C13H20N2O3S/c1-3-18-11-7-17-6-10(11)15-13(16)5-4-12-9(2)14-8-19-12/h8,10-11H,3-7H2,1-2H3,(H,15,16)/t10-,11-/m1/s1. The van der Waals surface area contributed by atoms with Crippen molar-refractivity contribution in [1.82, 2.24) is 10.3 Å². The minimum Gasteiger partial charge on any atom is -0.376 e. The van der Waals surface area contributed by atoms with Crippen molar-refractivity contribution in [1.29, 1.82) is 0 Å². The van der Waals surface area contributed by atoms with Gasteiger partial charge in [0.2, 0.25) is 5.91 Å². The summed E-state index contributed by atoms with van der Waals surface area (Å²) in [5, 5.41) is 2.99. The van der Waals surface area contributed by atoms with E-state index in [4.69, 9.17) is 9.47 Å². The number of amides is 1. The first-order chi connectivity index (χ1) is 9.20. The van der Waals surface area contributed by atoms with E-state index >= 15 is 0 Å². The number of carbonyl (C=O) groups is 1. The highest BCUT2D eigenvalue weighted by atomic mass is 32.1.